The molecule has 3 amide bonds. The van der Waals surface area contributed by atoms with E-state index >= 15 is 0 Å². The molecule has 2 atom stereocenters. The number of ether oxygens (including phenoxy) is 1. The number of phenolic OH excluding ortho intramolecular Hbond substituents is 1. The van der Waals surface area contributed by atoms with E-state index in [9.17, 15) is 19.5 Å². The van der Waals surface area contributed by atoms with Crippen LogP contribution in [0, 0.1) is 6.92 Å². The molecule has 2 aromatic carbocycles. The lowest BCUT2D eigenvalue weighted by Gasteiger charge is -2.44. The molecule has 3 N–H and O–H groups in total. The summed E-state index contributed by atoms with van der Waals surface area (Å²) in [6.07, 6.45) is 1.96. The fourth-order valence-corrected chi connectivity index (χ4v) is 4.60. The predicted octanol–water partition coefficient (Wildman–Crippen LogP) is 5.17. The van der Waals surface area contributed by atoms with Crippen LogP contribution < -0.4 is 10.6 Å². The lowest BCUT2D eigenvalue weighted by molar-refractivity contribution is -0.148. The number of nitrogens with one attached hydrogen (secondary N) is 2. The van der Waals surface area contributed by atoms with Crippen molar-refractivity contribution in [3.63, 3.8) is 0 Å². The van der Waals surface area contributed by atoms with Crippen molar-refractivity contribution in [2.24, 2.45) is 0 Å². The minimum absolute atomic E-state index is 0.108. The average molecular weight is 538 g/mol. The average Bonchev–Trinajstić information content (AvgIpc) is 2.75. The molecule has 0 saturated heterocycles. The lowest BCUT2D eigenvalue weighted by atomic mass is 9.87. The van der Waals surface area contributed by atoms with Gasteiger partial charge in [-0.05, 0) is 91.0 Å². The standard InChI is InChI=1S/C31H43N3O5/c1-20-10-8-11-22(18-20)26(27(36)33-30(2,3)4)34(23-12-9-13-23)28(37)25(32-29(38)39-31(5,6)7)19-21-14-16-24(35)17-15-21/h8,10-11,14-18,23,25-26,35H,9,12-13,19H2,1-7H3,(H,32,38)(H,33,36). The van der Waals surface area contributed by atoms with Gasteiger partial charge in [0, 0.05) is 18.0 Å². The molecule has 1 fully saturated rings. The minimum Gasteiger partial charge on any atom is -0.508 e. The molecule has 212 valence electrons. The fraction of sp³-hybridized carbons (Fsp3) is 0.516. The van der Waals surface area contributed by atoms with Gasteiger partial charge in [0.05, 0.1) is 0 Å². The Balaban J connectivity index is 2.05. The van der Waals surface area contributed by atoms with Gasteiger partial charge in [-0.1, -0.05) is 42.0 Å². The molecule has 8 nitrogen and oxygen atoms in total. The van der Waals surface area contributed by atoms with E-state index in [4.69, 9.17) is 4.74 Å². The monoisotopic (exact) mass is 537 g/mol. The fourth-order valence-electron chi connectivity index (χ4n) is 4.60. The number of hydrogen-bond acceptors (Lipinski definition) is 5. The van der Waals surface area contributed by atoms with E-state index in [0.29, 0.717) is 0 Å². The molecule has 0 heterocycles. The highest BCUT2D eigenvalue weighted by Crippen LogP contribution is 2.34. The van der Waals surface area contributed by atoms with Crippen molar-refractivity contribution in [3.8, 4) is 5.75 Å². The largest absolute Gasteiger partial charge is 0.508 e. The van der Waals surface area contributed by atoms with Crippen molar-refractivity contribution < 1.29 is 24.2 Å². The second-order valence-corrected chi connectivity index (χ2v) is 12.5. The maximum Gasteiger partial charge on any atom is 0.408 e. The Morgan fingerprint density at radius 3 is 2.18 bits per heavy atom. The number of aromatic hydroxyl groups is 1. The molecule has 0 radical (unpaired) electrons. The summed E-state index contributed by atoms with van der Waals surface area (Å²) >= 11 is 0. The first-order valence-electron chi connectivity index (χ1n) is 13.6. The van der Waals surface area contributed by atoms with Gasteiger partial charge in [0.25, 0.3) is 0 Å². The molecule has 1 aliphatic carbocycles. The summed E-state index contributed by atoms with van der Waals surface area (Å²) in [6, 6.07) is 12.2. The molecule has 3 rings (SSSR count). The van der Waals surface area contributed by atoms with E-state index in [2.05, 4.69) is 10.6 Å². The Bertz CT molecular complexity index is 1160. The molecular weight excluding hydrogens is 494 g/mol. The molecule has 39 heavy (non-hydrogen) atoms. The van der Waals surface area contributed by atoms with Gasteiger partial charge in [0.1, 0.15) is 23.4 Å². The Labute approximate surface area is 232 Å². The molecular formula is C31H43N3O5. The van der Waals surface area contributed by atoms with Crippen molar-refractivity contribution in [1.82, 2.24) is 15.5 Å². The van der Waals surface area contributed by atoms with Crippen molar-refractivity contribution in [2.75, 3.05) is 0 Å². The highest BCUT2D eigenvalue weighted by atomic mass is 16.6. The minimum atomic E-state index is -0.986. The number of aryl methyl sites for hydroxylation is 1. The first-order valence-corrected chi connectivity index (χ1v) is 13.6. The van der Waals surface area contributed by atoms with Crippen LogP contribution in [-0.4, -0.2) is 51.1 Å². The third-order valence-corrected chi connectivity index (χ3v) is 6.47. The van der Waals surface area contributed by atoms with Crippen LogP contribution in [0.25, 0.3) is 0 Å². The Kier molecular flexibility index (Phi) is 9.30. The lowest BCUT2D eigenvalue weighted by Crippen LogP contribution is -2.59. The predicted molar refractivity (Wildman–Crippen MR) is 151 cm³/mol. The number of nitrogens with zero attached hydrogens (tertiary/aromatic N) is 1. The van der Waals surface area contributed by atoms with Gasteiger partial charge in [0.2, 0.25) is 11.8 Å². The van der Waals surface area contributed by atoms with Crippen LogP contribution in [0.4, 0.5) is 4.79 Å². The first kappa shape index (κ1) is 30.0. The van der Waals surface area contributed by atoms with Crippen LogP contribution in [0.3, 0.4) is 0 Å². The number of rotatable bonds is 8. The van der Waals surface area contributed by atoms with E-state index < -0.39 is 29.3 Å². The summed E-state index contributed by atoms with van der Waals surface area (Å²) < 4.78 is 5.49. The number of amides is 3. The Morgan fingerprint density at radius 1 is 1.03 bits per heavy atom. The van der Waals surface area contributed by atoms with E-state index in [0.717, 1.165) is 36.0 Å². The van der Waals surface area contributed by atoms with Crippen molar-refractivity contribution in [2.45, 2.75) is 103 Å². The van der Waals surface area contributed by atoms with Crippen LogP contribution in [0.5, 0.6) is 5.75 Å². The van der Waals surface area contributed by atoms with Gasteiger partial charge < -0.3 is 25.4 Å². The van der Waals surface area contributed by atoms with Crippen molar-refractivity contribution in [1.29, 1.82) is 0 Å². The normalized spacial score (nSPS) is 15.5. The van der Waals surface area contributed by atoms with Gasteiger partial charge in [-0.2, -0.15) is 0 Å². The summed E-state index contributed by atoms with van der Waals surface area (Å²) in [5.41, 5.74) is 1.20. The third kappa shape index (κ3) is 8.73. The summed E-state index contributed by atoms with van der Waals surface area (Å²) in [7, 11) is 0. The van der Waals surface area contributed by atoms with E-state index in [1.54, 1.807) is 49.9 Å². The van der Waals surface area contributed by atoms with Crippen molar-refractivity contribution in [3.05, 3.63) is 65.2 Å². The van der Waals surface area contributed by atoms with E-state index in [1.165, 1.54) is 0 Å². The van der Waals surface area contributed by atoms with Crippen LogP contribution in [0.1, 0.15) is 83.5 Å². The third-order valence-electron chi connectivity index (χ3n) is 6.47. The number of alkyl carbamates (subject to hydrolysis) is 1. The molecule has 1 aliphatic rings. The second kappa shape index (κ2) is 12.1. The number of hydrogen-bond donors (Lipinski definition) is 3. The zero-order valence-electron chi connectivity index (χ0n) is 24.2. The molecule has 0 bridgehead atoms. The topological polar surface area (TPSA) is 108 Å². The van der Waals surface area contributed by atoms with Crippen LogP contribution in [-0.2, 0) is 20.7 Å². The molecule has 0 aromatic heterocycles. The number of phenols is 1. The Morgan fingerprint density at radius 2 is 1.67 bits per heavy atom. The second-order valence-electron chi connectivity index (χ2n) is 12.5. The van der Waals surface area contributed by atoms with E-state index in [1.807, 2.05) is 52.0 Å². The maximum atomic E-state index is 14.4. The molecule has 8 heteroatoms. The summed E-state index contributed by atoms with van der Waals surface area (Å²) in [4.78, 5) is 42.8. The van der Waals surface area contributed by atoms with Crippen LogP contribution in [0.2, 0.25) is 0 Å². The Hall–Kier alpha value is -3.55. The maximum absolute atomic E-state index is 14.4. The summed E-state index contributed by atoms with van der Waals surface area (Å²) in [5, 5.41) is 15.6. The molecule has 2 aromatic rings. The molecule has 0 spiro atoms. The first-order chi connectivity index (χ1) is 18.1. The number of carbonyl (C=O) groups is 3. The number of benzene rings is 2. The molecule has 0 aliphatic heterocycles. The zero-order chi connectivity index (χ0) is 29.0. The smallest absolute Gasteiger partial charge is 0.408 e. The van der Waals surface area contributed by atoms with Gasteiger partial charge >= 0.3 is 6.09 Å². The van der Waals surface area contributed by atoms with Gasteiger partial charge in [0.15, 0.2) is 0 Å². The number of carbonyl (C=O) groups excluding carboxylic acids is 3. The van der Waals surface area contributed by atoms with Gasteiger partial charge in [-0.15, -0.1) is 0 Å². The summed E-state index contributed by atoms with van der Waals surface area (Å²) in [5.74, 6) is -0.514. The molecule has 2 unspecified atom stereocenters. The molecule has 1 saturated carbocycles. The highest BCUT2D eigenvalue weighted by molar-refractivity contribution is 5.93. The van der Waals surface area contributed by atoms with Crippen LogP contribution >= 0.6 is 0 Å². The highest BCUT2D eigenvalue weighted by Gasteiger charge is 2.42. The zero-order valence-corrected chi connectivity index (χ0v) is 24.2. The van der Waals surface area contributed by atoms with Crippen molar-refractivity contribution >= 4 is 17.9 Å². The van der Waals surface area contributed by atoms with Gasteiger partial charge in [-0.3, -0.25) is 9.59 Å². The van der Waals surface area contributed by atoms with Crippen LogP contribution in [0.15, 0.2) is 48.5 Å². The van der Waals surface area contributed by atoms with Gasteiger partial charge in [-0.25, -0.2) is 4.79 Å². The quantitative estimate of drug-likeness (QED) is 0.430. The SMILES string of the molecule is Cc1cccc(C(C(=O)NC(C)(C)C)N(C(=O)C(Cc2ccc(O)cc2)NC(=O)OC(C)(C)C)C2CCC2)c1. The summed E-state index contributed by atoms with van der Waals surface area (Å²) in [6.45, 7) is 13.0. The van der Waals surface area contributed by atoms with E-state index in [-0.39, 0.29) is 30.0 Å².